The minimum absolute atomic E-state index is 0.232. The second kappa shape index (κ2) is 6.20. The summed E-state index contributed by atoms with van der Waals surface area (Å²) in [6.45, 7) is 10.8. The number of benzene rings is 1. The number of nitrogens with one attached hydrogen (secondary N) is 1. The maximum Gasteiger partial charge on any atom is 0.325 e. The molecule has 0 heterocycles. The summed E-state index contributed by atoms with van der Waals surface area (Å²) in [5.41, 5.74) is 4.64. The molecule has 0 spiro atoms. The van der Waals surface area contributed by atoms with E-state index in [4.69, 9.17) is 4.74 Å². The standard InChI is InChI=1S/C16H25NO2/c1-11-9-13(3)14(10-12(11)2)7-8-17-16(4,5)15(18)19-6/h9-10,17H,7-8H2,1-6H3. The molecule has 0 aromatic heterocycles. The molecule has 19 heavy (non-hydrogen) atoms. The molecule has 3 nitrogen and oxygen atoms in total. The number of ether oxygens (including phenoxy) is 1. The van der Waals surface area contributed by atoms with Crippen molar-refractivity contribution in [1.29, 1.82) is 0 Å². The van der Waals surface area contributed by atoms with E-state index in [9.17, 15) is 4.79 Å². The zero-order valence-electron chi connectivity index (χ0n) is 12.9. The van der Waals surface area contributed by atoms with Crippen molar-refractivity contribution in [3.05, 3.63) is 34.4 Å². The van der Waals surface area contributed by atoms with Crippen LogP contribution in [-0.2, 0) is 16.0 Å². The van der Waals surface area contributed by atoms with Crippen LogP contribution in [0.3, 0.4) is 0 Å². The molecule has 0 bridgehead atoms. The first-order valence-electron chi connectivity index (χ1n) is 6.68. The molecule has 0 radical (unpaired) electrons. The van der Waals surface area contributed by atoms with Gasteiger partial charge in [0.2, 0.25) is 0 Å². The van der Waals surface area contributed by atoms with Gasteiger partial charge in [0.05, 0.1) is 7.11 Å². The quantitative estimate of drug-likeness (QED) is 0.830. The Balaban J connectivity index is 2.64. The predicted molar refractivity (Wildman–Crippen MR) is 78.5 cm³/mol. The molecular weight excluding hydrogens is 238 g/mol. The lowest BCUT2D eigenvalue weighted by Gasteiger charge is -2.23. The average molecular weight is 263 g/mol. The van der Waals surface area contributed by atoms with Crippen molar-refractivity contribution in [2.45, 2.75) is 46.6 Å². The summed E-state index contributed by atoms with van der Waals surface area (Å²) in [6, 6.07) is 4.45. The van der Waals surface area contributed by atoms with Crippen molar-refractivity contribution in [3.8, 4) is 0 Å². The Morgan fingerprint density at radius 3 is 2.32 bits per heavy atom. The summed E-state index contributed by atoms with van der Waals surface area (Å²) >= 11 is 0. The molecule has 0 saturated heterocycles. The molecule has 0 aliphatic carbocycles. The number of rotatable bonds is 5. The fourth-order valence-corrected chi connectivity index (χ4v) is 2.13. The van der Waals surface area contributed by atoms with Crippen LogP contribution in [0.15, 0.2) is 12.1 Å². The molecule has 1 rings (SSSR count). The molecule has 0 unspecified atom stereocenters. The third-order valence-corrected chi connectivity index (χ3v) is 3.61. The van der Waals surface area contributed by atoms with Crippen molar-refractivity contribution in [2.24, 2.45) is 0 Å². The van der Waals surface area contributed by atoms with Gasteiger partial charge < -0.3 is 10.1 Å². The minimum atomic E-state index is -0.637. The van der Waals surface area contributed by atoms with Gasteiger partial charge in [0, 0.05) is 6.54 Å². The Bertz CT molecular complexity index is 464. The topological polar surface area (TPSA) is 38.3 Å². The van der Waals surface area contributed by atoms with Crippen LogP contribution in [0.2, 0.25) is 0 Å². The normalized spacial score (nSPS) is 11.5. The molecular formula is C16H25NO2. The third kappa shape index (κ3) is 4.06. The van der Waals surface area contributed by atoms with Gasteiger partial charge in [-0.05, 0) is 63.3 Å². The molecule has 0 aliphatic heterocycles. The van der Waals surface area contributed by atoms with Crippen molar-refractivity contribution in [3.63, 3.8) is 0 Å². The van der Waals surface area contributed by atoms with E-state index in [1.54, 1.807) is 0 Å². The van der Waals surface area contributed by atoms with Crippen LogP contribution in [0.5, 0.6) is 0 Å². The summed E-state index contributed by atoms with van der Waals surface area (Å²) in [6.07, 6.45) is 0.910. The summed E-state index contributed by atoms with van der Waals surface area (Å²) in [5.74, 6) is -0.232. The smallest absolute Gasteiger partial charge is 0.325 e. The molecule has 1 N–H and O–H groups in total. The Morgan fingerprint density at radius 1 is 1.16 bits per heavy atom. The lowest BCUT2D eigenvalue weighted by molar-refractivity contribution is -0.147. The number of carbonyl (C=O) groups excluding carboxylic acids is 1. The van der Waals surface area contributed by atoms with Gasteiger partial charge in [-0.2, -0.15) is 0 Å². The van der Waals surface area contributed by atoms with Gasteiger partial charge in [-0.3, -0.25) is 4.79 Å². The van der Waals surface area contributed by atoms with E-state index in [0.717, 1.165) is 13.0 Å². The molecule has 3 heteroatoms. The molecule has 1 aromatic rings. The highest BCUT2D eigenvalue weighted by atomic mass is 16.5. The third-order valence-electron chi connectivity index (χ3n) is 3.61. The van der Waals surface area contributed by atoms with Crippen LogP contribution in [0.1, 0.15) is 36.1 Å². The van der Waals surface area contributed by atoms with E-state index in [1.807, 2.05) is 13.8 Å². The zero-order valence-corrected chi connectivity index (χ0v) is 12.9. The van der Waals surface area contributed by atoms with Crippen LogP contribution in [0.25, 0.3) is 0 Å². The summed E-state index contributed by atoms with van der Waals surface area (Å²) in [7, 11) is 1.42. The van der Waals surface area contributed by atoms with E-state index in [-0.39, 0.29) is 5.97 Å². The fourth-order valence-electron chi connectivity index (χ4n) is 2.13. The van der Waals surface area contributed by atoms with E-state index in [1.165, 1.54) is 29.4 Å². The maximum absolute atomic E-state index is 11.6. The van der Waals surface area contributed by atoms with Crippen LogP contribution < -0.4 is 5.32 Å². The van der Waals surface area contributed by atoms with E-state index < -0.39 is 5.54 Å². The number of hydrogen-bond donors (Lipinski definition) is 1. The summed E-state index contributed by atoms with van der Waals surface area (Å²) in [4.78, 5) is 11.6. The lowest BCUT2D eigenvalue weighted by atomic mass is 9.98. The molecule has 0 saturated carbocycles. The molecule has 0 atom stereocenters. The summed E-state index contributed by atoms with van der Waals surface area (Å²) < 4.78 is 4.77. The first-order valence-corrected chi connectivity index (χ1v) is 6.68. The average Bonchev–Trinajstić information content (AvgIpc) is 2.34. The monoisotopic (exact) mass is 263 g/mol. The van der Waals surface area contributed by atoms with Crippen molar-refractivity contribution in [2.75, 3.05) is 13.7 Å². The first-order chi connectivity index (χ1) is 8.77. The highest BCUT2D eigenvalue weighted by Gasteiger charge is 2.27. The molecule has 0 amide bonds. The van der Waals surface area contributed by atoms with Crippen molar-refractivity contribution in [1.82, 2.24) is 5.32 Å². The molecule has 0 fully saturated rings. The van der Waals surface area contributed by atoms with E-state index in [0.29, 0.717) is 0 Å². The summed E-state index contributed by atoms with van der Waals surface area (Å²) in [5, 5.41) is 3.24. The van der Waals surface area contributed by atoms with Gasteiger partial charge in [0.1, 0.15) is 5.54 Å². The Kier molecular flexibility index (Phi) is 5.12. The molecule has 106 valence electrons. The molecule has 1 aromatic carbocycles. The first kappa shape index (κ1) is 15.7. The molecule has 0 aliphatic rings. The second-order valence-electron chi connectivity index (χ2n) is 5.66. The number of methoxy groups -OCH3 is 1. The highest BCUT2D eigenvalue weighted by Crippen LogP contribution is 2.16. The maximum atomic E-state index is 11.6. The van der Waals surface area contributed by atoms with Gasteiger partial charge in [-0.25, -0.2) is 0 Å². The second-order valence-corrected chi connectivity index (χ2v) is 5.66. The van der Waals surface area contributed by atoms with Crippen molar-refractivity contribution < 1.29 is 9.53 Å². The van der Waals surface area contributed by atoms with Gasteiger partial charge >= 0.3 is 5.97 Å². The van der Waals surface area contributed by atoms with Gasteiger partial charge in [-0.1, -0.05) is 12.1 Å². The van der Waals surface area contributed by atoms with Gasteiger partial charge in [0.25, 0.3) is 0 Å². The van der Waals surface area contributed by atoms with Gasteiger partial charge in [0.15, 0.2) is 0 Å². The van der Waals surface area contributed by atoms with Crippen LogP contribution in [0.4, 0.5) is 0 Å². The number of esters is 1. The zero-order chi connectivity index (χ0) is 14.6. The number of hydrogen-bond acceptors (Lipinski definition) is 3. The largest absolute Gasteiger partial charge is 0.468 e. The SMILES string of the molecule is COC(=O)C(C)(C)NCCc1cc(C)c(C)cc1C. The van der Waals surface area contributed by atoms with Crippen LogP contribution in [0, 0.1) is 20.8 Å². The van der Waals surface area contributed by atoms with Crippen LogP contribution in [-0.4, -0.2) is 25.2 Å². The lowest BCUT2D eigenvalue weighted by Crippen LogP contribution is -2.48. The van der Waals surface area contributed by atoms with E-state index in [2.05, 4.69) is 38.2 Å². The van der Waals surface area contributed by atoms with E-state index >= 15 is 0 Å². The van der Waals surface area contributed by atoms with Gasteiger partial charge in [-0.15, -0.1) is 0 Å². The predicted octanol–water partition coefficient (Wildman–Crippen LogP) is 2.70. The van der Waals surface area contributed by atoms with Crippen molar-refractivity contribution >= 4 is 5.97 Å². The Morgan fingerprint density at radius 2 is 1.74 bits per heavy atom. The minimum Gasteiger partial charge on any atom is -0.468 e. The fraction of sp³-hybridized carbons (Fsp3) is 0.562. The Labute approximate surface area is 116 Å². The number of aryl methyl sites for hydroxylation is 3. The highest BCUT2D eigenvalue weighted by molar-refractivity contribution is 5.79. The van der Waals surface area contributed by atoms with Crippen LogP contribution >= 0.6 is 0 Å². The number of carbonyl (C=O) groups is 1. The Hall–Kier alpha value is -1.35.